The van der Waals surface area contributed by atoms with Crippen LogP contribution < -0.4 is 0 Å². The summed E-state index contributed by atoms with van der Waals surface area (Å²) in [7, 11) is 0. The molecule has 0 aliphatic rings. The van der Waals surface area contributed by atoms with Gasteiger partial charge in [0.2, 0.25) is 0 Å². The average Bonchev–Trinajstić information content (AvgIpc) is 2.37. The molecule has 0 unspecified atom stereocenters. The molecule has 20 heavy (non-hydrogen) atoms. The van der Waals surface area contributed by atoms with E-state index in [1.165, 1.54) is 18.2 Å². The van der Waals surface area contributed by atoms with E-state index in [1.54, 1.807) is 6.07 Å². The summed E-state index contributed by atoms with van der Waals surface area (Å²) in [5, 5.41) is 18.2. The number of alkyl halides is 3. The number of hydrogen-bond acceptors (Lipinski definition) is 2. The van der Waals surface area contributed by atoms with E-state index in [0.717, 1.165) is 6.07 Å². The van der Waals surface area contributed by atoms with Crippen molar-refractivity contribution < 1.29 is 22.7 Å². The zero-order chi connectivity index (χ0) is 14.9. The van der Waals surface area contributed by atoms with Gasteiger partial charge in [0.25, 0.3) is 0 Å². The largest absolute Gasteiger partial charge is 0.508 e. The van der Waals surface area contributed by atoms with E-state index < -0.39 is 17.6 Å². The van der Waals surface area contributed by atoms with Gasteiger partial charge in [-0.05, 0) is 41.5 Å². The second kappa shape index (κ2) is 4.85. The maximum absolute atomic E-state index is 13.2. The number of rotatable bonds is 1. The fraction of sp³-hybridized carbons (Fsp3) is 0.0714. The van der Waals surface area contributed by atoms with Gasteiger partial charge in [-0.3, -0.25) is 0 Å². The third-order valence-electron chi connectivity index (χ3n) is 2.65. The minimum Gasteiger partial charge on any atom is -0.508 e. The quantitative estimate of drug-likeness (QED) is 0.800. The molecular formula is C14H7F4NO. The third kappa shape index (κ3) is 2.72. The Labute approximate surface area is 111 Å². The summed E-state index contributed by atoms with van der Waals surface area (Å²) in [6.45, 7) is 0. The zero-order valence-corrected chi connectivity index (χ0v) is 9.87. The first-order valence-corrected chi connectivity index (χ1v) is 5.42. The molecule has 0 aliphatic heterocycles. The SMILES string of the molecule is N#Cc1cc(O)cc(-c2ccc(F)c(C(F)(F)F)c2)c1. The van der Waals surface area contributed by atoms with Crippen LogP contribution in [0.25, 0.3) is 11.1 Å². The number of phenolic OH excluding ortho intramolecular Hbond substituents is 1. The second-order valence-electron chi connectivity index (χ2n) is 4.07. The van der Waals surface area contributed by atoms with Gasteiger partial charge in [-0.25, -0.2) is 4.39 Å². The summed E-state index contributed by atoms with van der Waals surface area (Å²) in [6.07, 6.45) is -4.81. The Bertz CT molecular complexity index is 701. The van der Waals surface area contributed by atoms with Crippen molar-refractivity contribution in [3.05, 3.63) is 53.3 Å². The van der Waals surface area contributed by atoms with Crippen molar-refractivity contribution in [3.8, 4) is 22.9 Å². The van der Waals surface area contributed by atoms with Crippen molar-refractivity contribution in [2.75, 3.05) is 0 Å². The molecule has 2 nitrogen and oxygen atoms in total. The molecule has 0 radical (unpaired) electrons. The lowest BCUT2D eigenvalue weighted by Gasteiger charge is -2.10. The van der Waals surface area contributed by atoms with Gasteiger partial charge in [0.1, 0.15) is 11.6 Å². The molecule has 6 heteroatoms. The molecule has 0 bridgehead atoms. The lowest BCUT2D eigenvalue weighted by Crippen LogP contribution is -2.08. The number of phenols is 1. The number of nitrogens with zero attached hydrogens (tertiary/aromatic N) is 1. The van der Waals surface area contributed by atoms with E-state index in [9.17, 15) is 22.7 Å². The second-order valence-corrected chi connectivity index (χ2v) is 4.07. The molecule has 0 saturated heterocycles. The summed E-state index contributed by atoms with van der Waals surface area (Å²) < 4.78 is 51.1. The minimum atomic E-state index is -4.81. The van der Waals surface area contributed by atoms with Gasteiger partial charge in [0.15, 0.2) is 0 Å². The van der Waals surface area contributed by atoms with Crippen LogP contribution in [0.3, 0.4) is 0 Å². The van der Waals surface area contributed by atoms with E-state index in [-0.39, 0.29) is 22.4 Å². The molecule has 2 aromatic rings. The molecule has 0 fully saturated rings. The maximum atomic E-state index is 13.2. The smallest absolute Gasteiger partial charge is 0.419 e. The molecule has 0 heterocycles. The molecule has 0 amide bonds. The Morgan fingerprint density at radius 1 is 1.00 bits per heavy atom. The molecule has 0 aliphatic carbocycles. The fourth-order valence-electron chi connectivity index (χ4n) is 1.76. The Balaban J connectivity index is 2.60. The first-order chi connectivity index (χ1) is 9.31. The predicted molar refractivity (Wildman–Crippen MR) is 63.2 cm³/mol. The van der Waals surface area contributed by atoms with Crippen LogP contribution in [0, 0.1) is 17.1 Å². The van der Waals surface area contributed by atoms with Gasteiger partial charge >= 0.3 is 6.18 Å². The van der Waals surface area contributed by atoms with Crippen molar-refractivity contribution in [3.63, 3.8) is 0 Å². The topological polar surface area (TPSA) is 44.0 Å². The molecule has 0 aromatic heterocycles. The highest BCUT2D eigenvalue weighted by Gasteiger charge is 2.34. The number of aromatic hydroxyl groups is 1. The summed E-state index contributed by atoms with van der Waals surface area (Å²) >= 11 is 0. The lowest BCUT2D eigenvalue weighted by atomic mass is 10.0. The monoisotopic (exact) mass is 281 g/mol. The minimum absolute atomic E-state index is 0.0612. The Hall–Kier alpha value is -2.55. The molecule has 0 atom stereocenters. The van der Waals surface area contributed by atoms with Crippen molar-refractivity contribution in [1.82, 2.24) is 0 Å². The van der Waals surface area contributed by atoms with Crippen molar-refractivity contribution >= 4 is 0 Å². The van der Waals surface area contributed by atoms with Gasteiger partial charge in [-0.2, -0.15) is 18.4 Å². The number of halogens is 4. The zero-order valence-electron chi connectivity index (χ0n) is 9.87. The van der Waals surface area contributed by atoms with Crippen LogP contribution in [0.5, 0.6) is 5.75 Å². The normalized spacial score (nSPS) is 11.2. The Morgan fingerprint density at radius 2 is 1.70 bits per heavy atom. The van der Waals surface area contributed by atoms with E-state index >= 15 is 0 Å². The first kappa shape index (κ1) is 13.9. The van der Waals surface area contributed by atoms with Crippen LogP contribution in [0.15, 0.2) is 36.4 Å². The number of benzene rings is 2. The van der Waals surface area contributed by atoms with Gasteiger partial charge in [0.05, 0.1) is 17.2 Å². The number of hydrogen-bond donors (Lipinski definition) is 1. The van der Waals surface area contributed by atoms with Crippen LogP contribution in [-0.2, 0) is 6.18 Å². The van der Waals surface area contributed by atoms with Gasteiger partial charge in [-0.15, -0.1) is 0 Å². The molecule has 2 aromatic carbocycles. The van der Waals surface area contributed by atoms with Crippen LogP contribution in [0.2, 0.25) is 0 Å². The summed E-state index contributed by atoms with van der Waals surface area (Å²) in [4.78, 5) is 0. The molecule has 0 spiro atoms. The van der Waals surface area contributed by atoms with E-state index in [0.29, 0.717) is 12.1 Å². The van der Waals surface area contributed by atoms with Crippen molar-refractivity contribution in [1.29, 1.82) is 5.26 Å². The Kier molecular flexibility index (Phi) is 3.36. The number of nitriles is 1. The summed E-state index contributed by atoms with van der Waals surface area (Å²) in [5.41, 5.74) is -1.03. The van der Waals surface area contributed by atoms with Gasteiger partial charge in [0, 0.05) is 0 Å². The average molecular weight is 281 g/mol. The van der Waals surface area contributed by atoms with Crippen LogP contribution in [0.4, 0.5) is 17.6 Å². The molecule has 2 rings (SSSR count). The van der Waals surface area contributed by atoms with Crippen molar-refractivity contribution in [2.45, 2.75) is 6.18 Å². The van der Waals surface area contributed by atoms with Crippen LogP contribution in [-0.4, -0.2) is 5.11 Å². The molecule has 102 valence electrons. The summed E-state index contributed by atoms with van der Waals surface area (Å²) in [6, 6.07) is 7.97. The third-order valence-corrected chi connectivity index (χ3v) is 2.65. The van der Waals surface area contributed by atoms with E-state index in [4.69, 9.17) is 5.26 Å². The molecular weight excluding hydrogens is 274 g/mol. The lowest BCUT2D eigenvalue weighted by molar-refractivity contribution is -0.139. The first-order valence-electron chi connectivity index (χ1n) is 5.42. The van der Waals surface area contributed by atoms with Crippen LogP contribution >= 0.6 is 0 Å². The highest BCUT2D eigenvalue weighted by Crippen LogP contribution is 2.35. The Morgan fingerprint density at radius 3 is 2.30 bits per heavy atom. The van der Waals surface area contributed by atoms with E-state index in [1.807, 2.05) is 0 Å². The maximum Gasteiger partial charge on any atom is 0.419 e. The fourth-order valence-corrected chi connectivity index (χ4v) is 1.76. The molecule has 0 saturated carbocycles. The van der Waals surface area contributed by atoms with Crippen LogP contribution in [0.1, 0.15) is 11.1 Å². The van der Waals surface area contributed by atoms with Gasteiger partial charge < -0.3 is 5.11 Å². The predicted octanol–water partition coefficient (Wildman–Crippen LogP) is 4.09. The van der Waals surface area contributed by atoms with Gasteiger partial charge in [-0.1, -0.05) is 6.07 Å². The van der Waals surface area contributed by atoms with E-state index in [2.05, 4.69) is 0 Å². The van der Waals surface area contributed by atoms with Crippen molar-refractivity contribution in [2.24, 2.45) is 0 Å². The highest BCUT2D eigenvalue weighted by molar-refractivity contribution is 5.68. The molecule has 1 N–H and O–H groups in total. The summed E-state index contributed by atoms with van der Waals surface area (Å²) in [5.74, 6) is -1.63. The standard InChI is InChI=1S/C14H7F4NO/c15-13-2-1-9(6-12(13)14(16,17)18)10-3-8(7-19)4-11(20)5-10/h1-6,20H. The highest BCUT2D eigenvalue weighted by atomic mass is 19.4.